The first kappa shape index (κ1) is 24.6. The highest BCUT2D eigenvalue weighted by Crippen LogP contribution is 2.49. The molecule has 2 aromatic rings. The van der Waals surface area contributed by atoms with Crippen molar-refractivity contribution in [1.29, 1.82) is 0 Å². The topological polar surface area (TPSA) is 62.2 Å². The van der Waals surface area contributed by atoms with Crippen LogP contribution in [-0.2, 0) is 0 Å². The molecule has 1 saturated heterocycles. The van der Waals surface area contributed by atoms with E-state index in [1.807, 2.05) is 31.2 Å². The van der Waals surface area contributed by atoms with E-state index in [2.05, 4.69) is 25.3 Å². The van der Waals surface area contributed by atoms with Gasteiger partial charge in [0, 0.05) is 12.6 Å². The third kappa shape index (κ3) is 5.56. The molecular formula is C28H35NO4S. The van der Waals surface area contributed by atoms with E-state index < -0.39 is 0 Å². The number of allylic oxidation sites excluding steroid dienone is 1. The van der Waals surface area contributed by atoms with Gasteiger partial charge in [-0.3, -0.25) is 4.90 Å². The number of phenolic OH excluding ortho intramolecular Hbond substituents is 1. The van der Waals surface area contributed by atoms with Crippen LogP contribution in [0.4, 0.5) is 0 Å². The molecule has 5 nitrogen and oxygen atoms in total. The minimum absolute atomic E-state index is 0.0138. The number of aliphatic hydroxyl groups excluding tert-OH is 1. The second-order valence-corrected chi connectivity index (χ2v) is 10.4. The number of phenols is 1. The van der Waals surface area contributed by atoms with Crippen LogP contribution in [0, 0.1) is 5.92 Å². The summed E-state index contributed by atoms with van der Waals surface area (Å²) in [4.78, 5) is 3.40. The Balaban J connectivity index is 1.45. The Hall–Kier alpha value is -2.57. The maximum absolute atomic E-state index is 9.90. The first-order valence-corrected chi connectivity index (χ1v) is 12.9. The van der Waals surface area contributed by atoms with Crippen LogP contribution < -0.4 is 9.47 Å². The van der Waals surface area contributed by atoms with E-state index in [4.69, 9.17) is 9.47 Å². The number of benzene rings is 2. The second kappa shape index (κ2) is 10.8. The quantitative estimate of drug-likeness (QED) is 0.331. The number of likely N-dealkylation sites (tertiary alicyclic amines) is 1. The van der Waals surface area contributed by atoms with E-state index in [-0.39, 0.29) is 22.9 Å². The van der Waals surface area contributed by atoms with Crippen molar-refractivity contribution in [2.45, 2.75) is 55.9 Å². The first-order chi connectivity index (χ1) is 16.4. The van der Waals surface area contributed by atoms with Crippen LogP contribution in [0.3, 0.4) is 0 Å². The number of rotatable bonds is 8. The lowest BCUT2D eigenvalue weighted by Gasteiger charge is -2.34. The van der Waals surface area contributed by atoms with Crippen LogP contribution in [0.5, 0.6) is 17.2 Å². The van der Waals surface area contributed by atoms with Crippen LogP contribution in [0.25, 0.3) is 0 Å². The van der Waals surface area contributed by atoms with E-state index >= 15 is 0 Å². The van der Waals surface area contributed by atoms with Gasteiger partial charge in [0.25, 0.3) is 0 Å². The normalized spacial score (nSPS) is 25.0. The molecule has 4 atom stereocenters. The molecule has 0 spiro atoms. The molecule has 182 valence electrons. The van der Waals surface area contributed by atoms with Crippen LogP contribution in [0.2, 0.25) is 0 Å². The number of hydrogen-bond acceptors (Lipinski definition) is 6. The molecule has 0 amide bonds. The van der Waals surface area contributed by atoms with Crippen molar-refractivity contribution in [1.82, 2.24) is 4.90 Å². The van der Waals surface area contributed by atoms with Crippen molar-refractivity contribution in [3.05, 3.63) is 72.0 Å². The van der Waals surface area contributed by atoms with Gasteiger partial charge < -0.3 is 19.7 Å². The number of hydrogen-bond donors (Lipinski definition) is 2. The maximum atomic E-state index is 9.90. The van der Waals surface area contributed by atoms with E-state index in [9.17, 15) is 10.2 Å². The summed E-state index contributed by atoms with van der Waals surface area (Å²) in [6.07, 6.45) is 3.95. The van der Waals surface area contributed by atoms with Gasteiger partial charge in [0.15, 0.2) is 0 Å². The van der Waals surface area contributed by atoms with Crippen LogP contribution >= 0.6 is 11.8 Å². The minimum atomic E-state index is -0.247. The lowest BCUT2D eigenvalue weighted by Crippen LogP contribution is -2.33. The summed E-state index contributed by atoms with van der Waals surface area (Å²) in [6.45, 7) is 13.0. The second-order valence-electron chi connectivity index (χ2n) is 9.24. The zero-order valence-corrected chi connectivity index (χ0v) is 21.1. The van der Waals surface area contributed by atoms with Crippen molar-refractivity contribution in [3.63, 3.8) is 0 Å². The lowest BCUT2D eigenvalue weighted by molar-refractivity contribution is 0.189. The van der Waals surface area contributed by atoms with E-state index in [0.717, 1.165) is 46.5 Å². The van der Waals surface area contributed by atoms with Gasteiger partial charge in [0.1, 0.15) is 35.7 Å². The molecule has 2 aliphatic rings. The molecule has 6 heteroatoms. The highest BCUT2D eigenvalue weighted by molar-refractivity contribution is 8.00. The van der Waals surface area contributed by atoms with E-state index in [1.165, 1.54) is 12.8 Å². The van der Waals surface area contributed by atoms with Crippen molar-refractivity contribution < 1.29 is 19.7 Å². The molecule has 4 rings (SSSR count). The molecule has 0 unspecified atom stereocenters. The fraction of sp³-hybridized carbons (Fsp3) is 0.429. The number of fused-ring (bicyclic) bond motifs is 1. The third-order valence-corrected chi connectivity index (χ3v) is 8.42. The molecule has 2 aliphatic heterocycles. The smallest absolute Gasteiger partial charge is 0.140 e. The van der Waals surface area contributed by atoms with Gasteiger partial charge in [-0.05, 0) is 74.7 Å². The Kier molecular flexibility index (Phi) is 7.79. The van der Waals surface area contributed by atoms with Crippen molar-refractivity contribution in [2.24, 2.45) is 5.92 Å². The van der Waals surface area contributed by atoms with Gasteiger partial charge in [-0.15, -0.1) is 11.8 Å². The molecule has 0 radical (unpaired) electrons. The van der Waals surface area contributed by atoms with Gasteiger partial charge in [-0.1, -0.05) is 37.6 Å². The predicted molar refractivity (Wildman–Crippen MR) is 138 cm³/mol. The van der Waals surface area contributed by atoms with Crippen molar-refractivity contribution in [3.8, 4) is 17.2 Å². The first-order valence-electron chi connectivity index (χ1n) is 12.0. The molecule has 0 bridgehead atoms. The minimum Gasteiger partial charge on any atom is -0.509 e. The Morgan fingerprint density at radius 3 is 2.71 bits per heavy atom. The standard InChI is InChI=1S/C28H35NO4S/c1-5-21-12-13-29(20(21)4)14-15-32-24-9-6-22(7-10-24)27-28(18(2)16-19(3)30)34-26-17-23(31)8-11-25(26)33-27/h6-11,16-17,20-21,27-28,30-31H,3,5,12-15H2,1-2,4H3/b18-16+/t20-,21+,27+,28-/m1/s1. The Labute approximate surface area is 207 Å². The monoisotopic (exact) mass is 481 g/mol. The zero-order chi connectivity index (χ0) is 24.2. The van der Waals surface area contributed by atoms with Gasteiger partial charge in [-0.25, -0.2) is 0 Å². The number of aliphatic hydroxyl groups is 1. The van der Waals surface area contributed by atoms with Gasteiger partial charge >= 0.3 is 0 Å². The summed E-state index contributed by atoms with van der Waals surface area (Å²) in [5.74, 6) is 2.61. The molecule has 2 heterocycles. The summed E-state index contributed by atoms with van der Waals surface area (Å²) in [6, 6.07) is 13.9. The third-order valence-electron chi connectivity index (χ3n) is 6.98. The van der Waals surface area contributed by atoms with Gasteiger partial charge in [0.05, 0.1) is 10.1 Å². The molecule has 2 aromatic carbocycles. The molecule has 0 saturated carbocycles. The number of thioether (sulfide) groups is 1. The molecular weight excluding hydrogens is 446 g/mol. The molecule has 2 N–H and O–H groups in total. The van der Waals surface area contributed by atoms with E-state index in [0.29, 0.717) is 12.6 Å². The maximum Gasteiger partial charge on any atom is 0.140 e. The molecule has 0 aromatic heterocycles. The van der Waals surface area contributed by atoms with Crippen molar-refractivity contribution in [2.75, 3.05) is 19.7 Å². The van der Waals surface area contributed by atoms with Gasteiger partial charge in [-0.2, -0.15) is 0 Å². The summed E-state index contributed by atoms with van der Waals surface area (Å²) >= 11 is 1.62. The fourth-order valence-corrected chi connectivity index (χ4v) is 6.26. The molecule has 34 heavy (non-hydrogen) atoms. The number of ether oxygens (including phenoxy) is 2. The largest absolute Gasteiger partial charge is 0.509 e. The molecule has 1 fully saturated rings. The zero-order valence-electron chi connectivity index (χ0n) is 20.2. The van der Waals surface area contributed by atoms with Crippen molar-refractivity contribution >= 4 is 11.8 Å². The Bertz CT molecular complexity index is 1040. The number of aromatic hydroxyl groups is 1. The molecule has 0 aliphatic carbocycles. The summed E-state index contributed by atoms with van der Waals surface area (Å²) in [5, 5.41) is 19.5. The Morgan fingerprint density at radius 2 is 2.03 bits per heavy atom. The number of nitrogens with zero attached hydrogens (tertiary/aromatic N) is 1. The lowest BCUT2D eigenvalue weighted by atomic mass is 9.99. The predicted octanol–water partition coefficient (Wildman–Crippen LogP) is 6.50. The van der Waals surface area contributed by atoms with Crippen LogP contribution in [0.1, 0.15) is 45.3 Å². The average Bonchev–Trinajstić information content (AvgIpc) is 3.17. The van der Waals surface area contributed by atoms with E-state index in [1.54, 1.807) is 36.0 Å². The highest BCUT2D eigenvalue weighted by atomic mass is 32.2. The highest BCUT2D eigenvalue weighted by Gasteiger charge is 2.34. The van der Waals surface area contributed by atoms with Crippen LogP contribution in [0.15, 0.2) is 71.3 Å². The fourth-order valence-electron chi connectivity index (χ4n) is 4.97. The van der Waals surface area contributed by atoms with Gasteiger partial charge in [0.2, 0.25) is 0 Å². The summed E-state index contributed by atoms with van der Waals surface area (Å²) in [7, 11) is 0. The average molecular weight is 482 g/mol. The summed E-state index contributed by atoms with van der Waals surface area (Å²) < 4.78 is 12.4. The SMILES string of the molecule is C=C(O)/C=C(\C)[C@H]1Sc2cc(O)ccc2O[C@H]1c1ccc(OCCN2CC[C@H](CC)[C@H]2C)cc1. The Morgan fingerprint density at radius 1 is 1.26 bits per heavy atom. The summed E-state index contributed by atoms with van der Waals surface area (Å²) in [5.41, 5.74) is 1.97. The van der Waals surface area contributed by atoms with Crippen LogP contribution in [-0.4, -0.2) is 46.1 Å².